The molecule has 0 saturated carbocycles. The summed E-state index contributed by atoms with van der Waals surface area (Å²) in [6.07, 6.45) is 1.87. The molecule has 0 atom stereocenters. The van der Waals surface area contributed by atoms with Crippen molar-refractivity contribution < 1.29 is 9.53 Å². The number of nitrogens with zero attached hydrogens (tertiary/aromatic N) is 1. The van der Waals surface area contributed by atoms with Crippen LogP contribution in [0.1, 0.15) is 16.7 Å². The molecular weight excluding hydrogens is 499 g/mol. The predicted octanol–water partition coefficient (Wildman–Crippen LogP) is 7.93. The number of ether oxygens (including phenoxy) is 1. The predicted molar refractivity (Wildman–Crippen MR) is 147 cm³/mol. The van der Waals surface area contributed by atoms with Crippen molar-refractivity contribution in [2.24, 2.45) is 4.99 Å². The number of carbonyl (C=O) groups excluding carboxylic acids is 1. The third kappa shape index (κ3) is 5.38. The van der Waals surface area contributed by atoms with E-state index in [1.165, 1.54) is 11.8 Å². The number of thioether (sulfide) groups is 1. The Bertz CT molecular complexity index is 1500. The van der Waals surface area contributed by atoms with Crippen molar-refractivity contribution in [3.63, 3.8) is 0 Å². The molecule has 0 radical (unpaired) electrons. The first kappa shape index (κ1) is 23.5. The molecule has 1 heterocycles. The minimum Gasteiger partial charge on any atom is -0.488 e. The maximum atomic E-state index is 12.8. The van der Waals surface area contributed by atoms with Gasteiger partial charge >= 0.3 is 0 Å². The van der Waals surface area contributed by atoms with Crippen molar-refractivity contribution in [3.8, 4) is 5.75 Å². The Hall–Kier alpha value is -3.25. The minimum atomic E-state index is -0.205. The average molecular weight is 519 g/mol. The van der Waals surface area contributed by atoms with Gasteiger partial charge in [-0.15, -0.1) is 0 Å². The number of aryl methyl sites for hydroxylation is 1. The van der Waals surface area contributed by atoms with Gasteiger partial charge in [0.05, 0.1) is 10.6 Å². The van der Waals surface area contributed by atoms with Crippen LogP contribution in [0.4, 0.5) is 5.69 Å². The Morgan fingerprint density at radius 1 is 1.00 bits per heavy atom. The Morgan fingerprint density at radius 3 is 2.60 bits per heavy atom. The Balaban J connectivity index is 1.48. The molecule has 0 aliphatic carbocycles. The fourth-order valence-electron chi connectivity index (χ4n) is 3.67. The molecule has 35 heavy (non-hydrogen) atoms. The number of benzene rings is 4. The summed E-state index contributed by atoms with van der Waals surface area (Å²) in [7, 11) is 0. The maximum absolute atomic E-state index is 12.8. The first-order chi connectivity index (χ1) is 17.0. The largest absolute Gasteiger partial charge is 0.488 e. The molecule has 1 amide bonds. The lowest BCUT2D eigenvalue weighted by molar-refractivity contribution is -0.115. The maximum Gasteiger partial charge on any atom is 0.264 e. The topological polar surface area (TPSA) is 50.7 Å². The number of rotatable bonds is 5. The molecule has 1 saturated heterocycles. The molecule has 0 bridgehead atoms. The van der Waals surface area contributed by atoms with Crippen LogP contribution in [0.25, 0.3) is 16.8 Å². The van der Waals surface area contributed by atoms with Crippen molar-refractivity contribution in [2.45, 2.75) is 13.5 Å². The molecule has 174 valence electrons. The molecule has 0 unspecified atom stereocenters. The van der Waals surface area contributed by atoms with E-state index in [4.69, 9.17) is 27.9 Å². The van der Waals surface area contributed by atoms with Gasteiger partial charge in [-0.1, -0.05) is 71.7 Å². The zero-order chi connectivity index (χ0) is 24.4. The fraction of sp³-hybridized carbons (Fsp3) is 0.0714. The highest BCUT2D eigenvalue weighted by Gasteiger charge is 2.25. The van der Waals surface area contributed by atoms with Gasteiger partial charge in [-0.2, -0.15) is 0 Å². The lowest BCUT2D eigenvalue weighted by Crippen LogP contribution is -2.19. The first-order valence-corrected chi connectivity index (χ1v) is 12.5. The van der Waals surface area contributed by atoms with E-state index in [1.54, 1.807) is 6.07 Å². The zero-order valence-electron chi connectivity index (χ0n) is 18.7. The van der Waals surface area contributed by atoms with Gasteiger partial charge in [0.1, 0.15) is 12.4 Å². The van der Waals surface area contributed by atoms with Crippen molar-refractivity contribution in [2.75, 3.05) is 0 Å². The standard InChI is InChI=1S/C28H20Cl2N2O2S/c1-17-6-12-21(14-24(17)30)31-28-32-27(33)26(35-28)15-23-22-5-3-2-4-19(22)9-13-25(23)34-16-18-7-10-20(29)11-8-18/h2-15H,16H2,1H3,(H,31,32,33)/b26-15-. The van der Waals surface area contributed by atoms with Gasteiger partial charge in [0.15, 0.2) is 5.17 Å². The van der Waals surface area contributed by atoms with E-state index in [0.29, 0.717) is 38.2 Å². The number of hydrogen-bond donors (Lipinski definition) is 1. The SMILES string of the molecule is Cc1ccc(N=C2NC(=O)/C(=C/c3c(OCc4ccc(Cl)cc4)ccc4ccccc34)S2)cc1Cl. The lowest BCUT2D eigenvalue weighted by Gasteiger charge is -2.13. The van der Waals surface area contributed by atoms with Crippen LogP contribution in [0.2, 0.25) is 10.0 Å². The molecule has 0 spiro atoms. The van der Waals surface area contributed by atoms with Crippen LogP contribution >= 0.6 is 35.0 Å². The van der Waals surface area contributed by atoms with Crippen LogP contribution in [-0.2, 0) is 11.4 Å². The Kier molecular flexibility index (Phi) is 6.82. The van der Waals surface area contributed by atoms with E-state index in [-0.39, 0.29) is 5.91 Å². The number of aliphatic imine (C=N–C) groups is 1. The average Bonchev–Trinajstić information content (AvgIpc) is 3.20. The van der Waals surface area contributed by atoms with Gasteiger partial charge in [0.25, 0.3) is 5.91 Å². The van der Waals surface area contributed by atoms with Crippen LogP contribution in [0, 0.1) is 6.92 Å². The highest BCUT2D eigenvalue weighted by Crippen LogP contribution is 2.35. The molecule has 1 aliphatic rings. The number of carbonyl (C=O) groups is 1. The van der Waals surface area contributed by atoms with Crippen molar-refractivity contribution >= 4 is 68.6 Å². The van der Waals surface area contributed by atoms with E-state index in [9.17, 15) is 4.79 Å². The van der Waals surface area contributed by atoms with Gasteiger partial charge in [-0.25, -0.2) is 4.99 Å². The van der Waals surface area contributed by atoms with Crippen LogP contribution in [-0.4, -0.2) is 11.1 Å². The van der Waals surface area contributed by atoms with E-state index >= 15 is 0 Å². The minimum absolute atomic E-state index is 0.205. The first-order valence-electron chi connectivity index (χ1n) is 10.9. The number of amidine groups is 1. The number of amides is 1. The Labute approximate surface area is 217 Å². The van der Waals surface area contributed by atoms with Gasteiger partial charge in [-0.3, -0.25) is 4.79 Å². The molecule has 1 fully saturated rings. The third-order valence-corrected chi connectivity index (χ3v) is 7.12. The van der Waals surface area contributed by atoms with Gasteiger partial charge in [0, 0.05) is 15.6 Å². The lowest BCUT2D eigenvalue weighted by atomic mass is 10.0. The second-order valence-electron chi connectivity index (χ2n) is 8.03. The molecule has 5 rings (SSSR count). The fourth-order valence-corrected chi connectivity index (χ4v) is 4.80. The van der Waals surface area contributed by atoms with Crippen LogP contribution in [0.15, 0.2) is 88.8 Å². The van der Waals surface area contributed by atoms with Crippen LogP contribution in [0.5, 0.6) is 5.75 Å². The zero-order valence-corrected chi connectivity index (χ0v) is 21.0. The summed E-state index contributed by atoms with van der Waals surface area (Å²) in [5.41, 5.74) is 3.50. The molecule has 1 N–H and O–H groups in total. The van der Waals surface area contributed by atoms with E-state index in [2.05, 4.69) is 10.3 Å². The van der Waals surface area contributed by atoms with Gasteiger partial charge in [0.2, 0.25) is 0 Å². The van der Waals surface area contributed by atoms with E-state index < -0.39 is 0 Å². The van der Waals surface area contributed by atoms with Crippen molar-refractivity contribution in [3.05, 3.63) is 111 Å². The number of hydrogen-bond acceptors (Lipinski definition) is 4. The molecule has 7 heteroatoms. The molecule has 4 aromatic rings. The Morgan fingerprint density at radius 2 is 1.80 bits per heavy atom. The number of fused-ring (bicyclic) bond motifs is 1. The highest BCUT2D eigenvalue weighted by atomic mass is 35.5. The molecule has 1 aliphatic heterocycles. The van der Waals surface area contributed by atoms with Gasteiger partial charge < -0.3 is 10.1 Å². The molecule has 4 nitrogen and oxygen atoms in total. The second-order valence-corrected chi connectivity index (χ2v) is 9.90. The normalized spacial score (nSPS) is 15.7. The summed E-state index contributed by atoms with van der Waals surface area (Å²) in [6, 6.07) is 25.1. The molecule has 0 aromatic heterocycles. The quantitative estimate of drug-likeness (QED) is 0.273. The van der Waals surface area contributed by atoms with Gasteiger partial charge in [-0.05, 0) is 77.0 Å². The van der Waals surface area contributed by atoms with E-state index in [1.807, 2.05) is 85.8 Å². The third-order valence-electron chi connectivity index (χ3n) is 5.55. The summed E-state index contributed by atoms with van der Waals surface area (Å²) < 4.78 is 6.19. The second kappa shape index (κ2) is 10.2. The number of nitrogens with one attached hydrogen (secondary N) is 1. The summed E-state index contributed by atoms with van der Waals surface area (Å²) in [4.78, 5) is 17.9. The highest BCUT2D eigenvalue weighted by molar-refractivity contribution is 8.18. The van der Waals surface area contributed by atoms with E-state index in [0.717, 1.165) is 27.5 Å². The summed E-state index contributed by atoms with van der Waals surface area (Å²) >= 11 is 13.5. The van der Waals surface area contributed by atoms with Crippen molar-refractivity contribution in [1.82, 2.24) is 5.32 Å². The summed E-state index contributed by atoms with van der Waals surface area (Å²) in [5.74, 6) is 0.485. The van der Waals surface area contributed by atoms with Crippen molar-refractivity contribution in [1.29, 1.82) is 0 Å². The molecule has 4 aromatic carbocycles. The van der Waals surface area contributed by atoms with Crippen LogP contribution in [0.3, 0.4) is 0 Å². The number of halogens is 2. The molecular formula is C28H20Cl2N2O2S. The monoisotopic (exact) mass is 518 g/mol. The summed E-state index contributed by atoms with van der Waals surface area (Å²) in [6.45, 7) is 2.31. The van der Waals surface area contributed by atoms with Crippen LogP contribution < -0.4 is 10.1 Å². The smallest absolute Gasteiger partial charge is 0.264 e. The summed E-state index contributed by atoms with van der Waals surface area (Å²) in [5, 5.41) is 6.72.